The van der Waals surface area contributed by atoms with E-state index in [4.69, 9.17) is 6.42 Å². The van der Waals surface area contributed by atoms with Gasteiger partial charge in [-0.15, -0.1) is 17.8 Å². The highest BCUT2D eigenvalue weighted by Crippen LogP contribution is 2.21. The maximum absolute atomic E-state index is 5.19. The molecule has 2 nitrogen and oxygen atoms in total. The van der Waals surface area contributed by atoms with Crippen molar-refractivity contribution in [2.45, 2.75) is 19.5 Å². The third kappa shape index (κ3) is 4.67. The van der Waals surface area contributed by atoms with Crippen molar-refractivity contribution in [3.63, 3.8) is 0 Å². The van der Waals surface area contributed by atoms with Crippen molar-refractivity contribution < 1.29 is 0 Å². The molecule has 0 amide bonds. The maximum Gasteiger partial charge on any atom is 0.0701 e. The minimum atomic E-state index is 0.479. The molecule has 4 heteroatoms. The van der Waals surface area contributed by atoms with Gasteiger partial charge in [-0.05, 0) is 46.9 Å². The Kier molecular flexibility index (Phi) is 6.07. The molecule has 1 aromatic rings. The highest BCUT2D eigenvalue weighted by Gasteiger charge is 2.09. The third-order valence-corrected chi connectivity index (χ3v) is 4.03. The molecule has 88 valence electrons. The van der Waals surface area contributed by atoms with Gasteiger partial charge in [0.15, 0.2) is 0 Å². The van der Waals surface area contributed by atoms with Crippen LogP contribution in [0.4, 0.5) is 0 Å². The van der Waals surface area contributed by atoms with Crippen LogP contribution in [0, 0.1) is 12.3 Å². The van der Waals surface area contributed by atoms with Crippen LogP contribution in [-0.2, 0) is 6.54 Å². The first-order valence-corrected chi connectivity index (χ1v) is 6.88. The lowest BCUT2D eigenvalue weighted by molar-refractivity contribution is 0.245. The summed E-state index contributed by atoms with van der Waals surface area (Å²) in [6.07, 6.45) is 5.19. The Morgan fingerprint density at radius 2 is 2.44 bits per heavy atom. The number of hydrogen-bond donors (Lipinski definition) is 1. The number of halogens is 1. The smallest absolute Gasteiger partial charge is 0.0701 e. The summed E-state index contributed by atoms with van der Waals surface area (Å²) in [5.41, 5.74) is 1.35. The van der Waals surface area contributed by atoms with E-state index in [1.807, 2.05) is 0 Å². The van der Waals surface area contributed by atoms with Crippen LogP contribution in [0.5, 0.6) is 0 Å². The van der Waals surface area contributed by atoms with Gasteiger partial charge in [-0.1, -0.05) is 5.92 Å². The van der Waals surface area contributed by atoms with E-state index in [1.54, 1.807) is 11.3 Å². The van der Waals surface area contributed by atoms with Crippen LogP contribution < -0.4 is 5.32 Å². The molecule has 1 atom stereocenters. The predicted octanol–water partition coefficient (Wildman–Crippen LogP) is 2.55. The second-order valence-electron chi connectivity index (χ2n) is 3.86. The van der Waals surface area contributed by atoms with E-state index in [9.17, 15) is 0 Å². The molecule has 0 bridgehead atoms. The molecule has 0 fully saturated rings. The van der Waals surface area contributed by atoms with Crippen molar-refractivity contribution in [3.05, 3.63) is 20.8 Å². The van der Waals surface area contributed by atoms with E-state index in [1.165, 1.54) is 9.35 Å². The first-order chi connectivity index (χ1) is 7.63. The van der Waals surface area contributed by atoms with Gasteiger partial charge in [0, 0.05) is 19.1 Å². The summed E-state index contributed by atoms with van der Waals surface area (Å²) in [4.78, 5) is 2.32. The van der Waals surface area contributed by atoms with Gasteiger partial charge in [0.2, 0.25) is 0 Å². The molecule has 16 heavy (non-hydrogen) atoms. The van der Waals surface area contributed by atoms with E-state index in [0.29, 0.717) is 12.6 Å². The molecule has 1 aromatic heterocycles. The molecule has 0 aliphatic rings. The lowest BCUT2D eigenvalue weighted by Gasteiger charge is -2.24. The number of nitrogens with one attached hydrogen (secondary N) is 1. The Labute approximate surface area is 110 Å². The third-order valence-electron chi connectivity index (χ3n) is 2.47. The fourth-order valence-corrected chi connectivity index (χ4v) is 2.58. The average molecular weight is 301 g/mol. The van der Waals surface area contributed by atoms with Crippen LogP contribution in [0.1, 0.15) is 12.5 Å². The van der Waals surface area contributed by atoms with Gasteiger partial charge in [0.1, 0.15) is 0 Å². The lowest BCUT2D eigenvalue weighted by atomic mass is 10.2. The lowest BCUT2D eigenvalue weighted by Crippen LogP contribution is -2.37. The second-order valence-corrected chi connectivity index (χ2v) is 6.15. The van der Waals surface area contributed by atoms with Crippen LogP contribution in [0.15, 0.2) is 15.2 Å². The van der Waals surface area contributed by atoms with Gasteiger partial charge < -0.3 is 5.32 Å². The van der Waals surface area contributed by atoms with Crippen LogP contribution in [0.25, 0.3) is 0 Å². The zero-order valence-electron chi connectivity index (χ0n) is 9.66. The predicted molar refractivity (Wildman–Crippen MR) is 74.7 cm³/mol. The summed E-state index contributed by atoms with van der Waals surface area (Å²) in [6, 6.07) is 2.65. The Morgan fingerprint density at radius 3 is 3.00 bits per heavy atom. The van der Waals surface area contributed by atoms with Crippen molar-refractivity contribution in [3.8, 4) is 12.3 Å². The summed E-state index contributed by atoms with van der Waals surface area (Å²) in [5.74, 6) is 2.58. The molecular weight excluding hydrogens is 284 g/mol. The maximum atomic E-state index is 5.19. The van der Waals surface area contributed by atoms with Gasteiger partial charge in [0.25, 0.3) is 0 Å². The zero-order chi connectivity index (χ0) is 12.0. The number of terminal acetylenes is 1. The van der Waals surface area contributed by atoms with Gasteiger partial charge in [-0.3, -0.25) is 4.90 Å². The molecule has 0 spiro atoms. The molecule has 1 N–H and O–H groups in total. The molecule has 0 saturated carbocycles. The molecule has 0 radical (unpaired) electrons. The van der Waals surface area contributed by atoms with E-state index >= 15 is 0 Å². The number of rotatable bonds is 6. The molecule has 0 saturated heterocycles. The topological polar surface area (TPSA) is 15.3 Å². The fourth-order valence-electron chi connectivity index (χ4n) is 1.38. The van der Waals surface area contributed by atoms with Gasteiger partial charge >= 0.3 is 0 Å². The van der Waals surface area contributed by atoms with E-state index in [0.717, 1.165) is 13.1 Å². The Bertz CT molecular complexity index is 356. The normalized spacial score (nSPS) is 12.7. The summed E-state index contributed by atoms with van der Waals surface area (Å²) < 4.78 is 1.19. The summed E-state index contributed by atoms with van der Waals surface area (Å²) in [6.45, 7) is 4.74. The largest absolute Gasteiger partial charge is 0.305 e. The Balaban J connectivity index is 2.34. The highest BCUT2D eigenvalue weighted by molar-refractivity contribution is 9.11. The Morgan fingerprint density at radius 1 is 1.69 bits per heavy atom. The minimum absolute atomic E-state index is 0.479. The van der Waals surface area contributed by atoms with Gasteiger partial charge in [-0.25, -0.2) is 0 Å². The van der Waals surface area contributed by atoms with Crippen molar-refractivity contribution in [2.75, 3.05) is 20.1 Å². The first kappa shape index (κ1) is 13.7. The van der Waals surface area contributed by atoms with Crippen LogP contribution >= 0.6 is 27.3 Å². The quantitative estimate of drug-likeness (QED) is 0.642. The molecule has 0 aliphatic heterocycles. The molecule has 1 heterocycles. The average Bonchev–Trinajstić information content (AvgIpc) is 2.64. The van der Waals surface area contributed by atoms with Crippen LogP contribution in [-0.4, -0.2) is 31.1 Å². The molecular formula is C12H17BrN2S. The SMILES string of the molecule is C#CCNCC(C)N(C)Cc1csc(Br)c1. The standard InChI is InChI=1S/C12H17BrN2S/c1-4-5-14-7-10(2)15(3)8-11-6-12(13)16-9-11/h1,6,9-10,14H,5,7-8H2,2-3H3. The number of likely N-dealkylation sites (N-methyl/N-ethyl adjacent to an activating group) is 1. The molecule has 1 rings (SSSR count). The first-order valence-electron chi connectivity index (χ1n) is 5.20. The Hall–Kier alpha value is -0.340. The van der Waals surface area contributed by atoms with Crippen LogP contribution in [0.3, 0.4) is 0 Å². The van der Waals surface area contributed by atoms with Gasteiger partial charge in [0.05, 0.1) is 10.3 Å². The summed E-state index contributed by atoms with van der Waals surface area (Å²) in [7, 11) is 2.13. The highest BCUT2D eigenvalue weighted by atomic mass is 79.9. The number of nitrogens with zero attached hydrogens (tertiary/aromatic N) is 1. The summed E-state index contributed by atoms with van der Waals surface area (Å²) in [5, 5.41) is 5.40. The number of thiophene rings is 1. The summed E-state index contributed by atoms with van der Waals surface area (Å²) >= 11 is 5.20. The molecule has 0 aliphatic carbocycles. The van der Waals surface area contributed by atoms with Crippen LogP contribution in [0.2, 0.25) is 0 Å². The second kappa shape index (κ2) is 7.08. The van der Waals surface area contributed by atoms with Crippen molar-refractivity contribution in [2.24, 2.45) is 0 Å². The molecule has 0 aromatic carbocycles. The van der Waals surface area contributed by atoms with Crippen molar-refractivity contribution in [1.82, 2.24) is 10.2 Å². The zero-order valence-corrected chi connectivity index (χ0v) is 12.1. The van der Waals surface area contributed by atoms with Gasteiger partial charge in [-0.2, -0.15) is 0 Å². The monoisotopic (exact) mass is 300 g/mol. The van der Waals surface area contributed by atoms with E-state index < -0.39 is 0 Å². The number of hydrogen-bond acceptors (Lipinski definition) is 3. The minimum Gasteiger partial charge on any atom is -0.305 e. The fraction of sp³-hybridized carbons (Fsp3) is 0.500. The van der Waals surface area contributed by atoms with Crippen molar-refractivity contribution >= 4 is 27.3 Å². The van der Waals surface area contributed by atoms with E-state index in [-0.39, 0.29) is 0 Å². The molecule has 1 unspecified atom stereocenters. The van der Waals surface area contributed by atoms with Crippen molar-refractivity contribution in [1.29, 1.82) is 0 Å². The van der Waals surface area contributed by atoms with E-state index in [2.05, 4.69) is 57.5 Å².